The van der Waals surface area contributed by atoms with Crippen LogP contribution in [0.2, 0.25) is 0 Å². The first-order valence-electron chi connectivity index (χ1n) is 8.38. The van der Waals surface area contributed by atoms with Crippen LogP contribution in [0.1, 0.15) is 56.6 Å². The second kappa shape index (κ2) is 8.75. The minimum atomic E-state index is 0.774. The molecule has 1 aliphatic rings. The van der Waals surface area contributed by atoms with Gasteiger partial charge in [-0.25, -0.2) is 0 Å². The van der Waals surface area contributed by atoms with Crippen LogP contribution >= 0.6 is 15.9 Å². The van der Waals surface area contributed by atoms with E-state index in [1.54, 1.807) is 5.57 Å². The first-order valence-corrected chi connectivity index (χ1v) is 9.17. The van der Waals surface area contributed by atoms with Gasteiger partial charge >= 0.3 is 0 Å². The van der Waals surface area contributed by atoms with Gasteiger partial charge in [0.2, 0.25) is 0 Å². The van der Waals surface area contributed by atoms with Crippen molar-refractivity contribution in [3.63, 3.8) is 0 Å². The summed E-state index contributed by atoms with van der Waals surface area (Å²) in [4.78, 5) is 0. The fourth-order valence-electron chi connectivity index (χ4n) is 3.15. The van der Waals surface area contributed by atoms with E-state index in [9.17, 15) is 0 Å². The number of benzene rings is 1. The minimum Gasteiger partial charge on any atom is -0.313 e. The summed E-state index contributed by atoms with van der Waals surface area (Å²) < 4.78 is 1.21. The molecule has 0 radical (unpaired) electrons. The summed E-state index contributed by atoms with van der Waals surface area (Å²) in [5.41, 5.74) is 4.22. The van der Waals surface area contributed by atoms with E-state index in [4.69, 9.17) is 0 Å². The van der Waals surface area contributed by atoms with Gasteiger partial charge in [-0.2, -0.15) is 0 Å². The maximum atomic E-state index is 3.72. The van der Waals surface area contributed by atoms with E-state index < -0.39 is 0 Å². The van der Waals surface area contributed by atoms with Crippen LogP contribution < -0.4 is 5.32 Å². The Morgan fingerprint density at radius 2 is 2.05 bits per heavy atom. The third-order valence-corrected chi connectivity index (χ3v) is 5.07. The van der Waals surface area contributed by atoms with Crippen LogP contribution in [-0.2, 0) is 0 Å². The zero-order valence-electron chi connectivity index (χ0n) is 13.4. The van der Waals surface area contributed by atoms with E-state index in [0.717, 1.165) is 19.0 Å². The first kappa shape index (κ1) is 16.8. The molecular weight excluding hydrogens is 322 g/mol. The van der Waals surface area contributed by atoms with Gasteiger partial charge in [0.05, 0.1) is 0 Å². The molecular formula is C19H28BrN. The molecule has 1 aromatic carbocycles. The molecule has 0 unspecified atom stereocenters. The average Bonchev–Trinajstić information content (AvgIpc) is 2.49. The lowest BCUT2D eigenvalue weighted by Crippen LogP contribution is -2.23. The highest BCUT2D eigenvalue weighted by Gasteiger charge is 2.17. The van der Waals surface area contributed by atoms with Crippen LogP contribution in [0.5, 0.6) is 0 Å². The predicted molar refractivity (Wildman–Crippen MR) is 96.6 cm³/mol. The molecule has 2 rings (SSSR count). The van der Waals surface area contributed by atoms with Gasteiger partial charge in [-0.1, -0.05) is 65.9 Å². The van der Waals surface area contributed by atoms with Crippen LogP contribution in [0.4, 0.5) is 0 Å². The molecule has 1 aliphatic carbocycles. The zero-order chi connectivity index (χ0) is 15.1. The summed E-state index contributed by atoms with van der Waals surface area (Å²) in [5.74, 6) is 0.774. The van der Waals surface area contributed by atoms with Crippen LogP contribution in [0.25, 0.3) is 6.08 Å². The van der Waals surface area contributed by atoms with Crippen molar-refractivity contribution >= 4 is 22.0 Å². The van der Waals surface area contributed by atoms with Gasteiger partial charge in [-0.3, -0.25) is 0 Å². The number of aryl methyl sites for hydroxylation is 1. The Bertz CT molecular complexity index is 472. The molecule has 1 fully saturated rings. The summed E-state index contributed by atoms with van der Waals surface area (Å²) in [5, 5.41) is 3.60. The fraction of sp³-hybridized carbons (Fsp3) is 0.579. The Kier molecular flexibility index (Phi) is 6.98. The molecule has 0 bridgehead atoms. The standard InChI is InChI=1S/C19H28BrN/c1-3-11-21-14-18(16-7-5-4-6-8-16)13-17-10-9-15(2)12-19(17)20/h9-10,12-13,16,21H,3-8,11,14H2,1-2H3/b18-13-. The Hall–Kier alpha value is -0.600. The molecule has 0 aliphatic heterocycles. The van der Waals surface area contributed by atoms with Gasteiger partial charge < -0.3 is 5.32 Å². The molecule has 0 atom stereocenters. The van der Waals surface area contributed by atoms with E-state index in [1.165, 1.54) is 54.1 Å². The first-order chi connectivity index (χ1) is 10.2. The Balaban J connectivity index is 2.17. The van der Waals surface area contributed by atoms with E-state index in [0.29, 0.717) is 0 Å². The molecule has 0 spiro atoms. The SMILES string of the molecule is CCCNC/C(=C/c1ccc(C)cc1Br)C1CCCCC1. The summed E-state index contributed by atoms with van der Waals surface area (Å²) in [6, 6.07) is 6.65. The Morgan fingerprint density at radius 1 is 1.29 bits per heavy atom. The summed E-state index contributed by atoms with van der Waals surface area (Å²) in [6.07, 6.45) is 10.6. The predicted octanol–water partition coefficient (Wildman–Crippen LogP) is 5.72. The van der Waals surface area contributed by atoms with Crippen molar-refractivity contribution in [1.82, 2.24) is 5.32 Å². The van der Waals surface area contributed by atoms with Gasteiger partial charge in [0.1, 0.15) is 0 Å². The highest BCUT2D eigenvalue weighted by atomic mass is 79.9. The van der Waals surface area contributed by atoms with E-state index in [1.807, 2.05) is 0 Å². The summed E-state index contributed by atoms with van der Waals surface area (Å²) in [7, 11) is 0. The zero-order valence-corrected chi connectivity index (χ0v) is 15.0. The molecule has 0 saturated heterocycles. The molecule has 0 heterocycles. The Morgan fingerprint density at radius 3 is 2.71 bits per heavy atom. The lowest BCUT2D eigenvalue weighted by Gasteiger charge is -2.25. The van der Waals surface area contributed by atoms with Crippen molar-refractivity contribution in [1.29, 1.82) is 0 Å². The van der Waals surface area contributed by atoms with E-state index in [2.05, 4.69) is 59.4 Å². The topological polar surface area (TPSA) is 12.0 Å². The third kappa shape index (κ3) is 5.27. The van der Waals surface area contributed by atoms with Crippen molar-refractivity contribution < 1.29 is 0 Å². The van der Waals surface area contributed by atoms with E-state index in [-0.39, 0.29) is 0 Å². The van der Waals surface area contributed by atoms with Crippen LogP contribution in [0.3, 0.4) is 0 Å². The smallest absolute Gasteiger partial charge is 0.0250 e. The van der Waals surface area contributed by atoms with Gasteiger partial charge in [0.15, 0.2) is 0 Å². The number of rotatable bonds is 6. The molecule has 1 aromatic rings. The van der Waals surface area contributed by atoms with Gasteiger partial charge in [-0.15, -0.1) is 0 Å². The lowest BCUT2D eigenvalue weighted by atomic mass is 9.83. The molecule has 2 heteroatoms. The maximum absolute atomic E-state index is 3.72. The highest BCUT2D eigenvalue weighted by molar-refractivity contribution is 9.10. The summed E-state index contributed by atoms with van der Waals surface area (Å²) >= 11 is 3.72. The number of nitrogens with one attached hydrogen (secondary N) is 1. The number of halogens is 1. The average molecular weight is 350 g/mol. The van der Waals surface area contributed by atoms with E-state index >= 15 is 0 Å². The molecule has 1 N–H and O–H groups in total. The summed E-state index contributed by atoms with van der Waals surface area (Å²) in [6.45, 7) is 6.52. The molecule has 21 heavy (non-hydrogen) atoms. The van der Waals surface area contributed by atoms with Crippen molar-refractivity contribution in [3.8, 4) is 0 Å². The van der Waals surface area contributed by atoms with Gasteiger partial charge in [-0.05, 0) is 55.8 Å². The molecule has 1 nitrogen and oxygen atoms in total. The molecule has 0 aromatic heterocycles. The number of hydrogen-bond donors (Lipinski definition) is 1. The van der Waals surface area contributed by atoms with Gasteiger partial charge in [0, 0.05) is 11.0 Å². The largest absolute Gasteiger partial charge is 0.313 e. The maximum Gasteiger partial charge on any atom is 0.0250 e. The lowest BCUT2D eigenvalue weighted by molar-refractivity contribution is 0.396. The number of hydrogen-bond acceptors (Lipinski definition) is 1. The molecule has 116 valence electrons. The Labute approximate surface area is 138 Å². The second-order valence-corrected chi connectivity index (χ2v) is 7.11. The van der Waals surface area contributed by atoms with Gasteiger partial charge in [0.25, 0.3) is 0 Å². The normalized spacial score (nSPS) is 17.2. The minimum absolute atomic E-state index is 0.774. The van der Waals surface area contributed by atoms with Crippen LogP contribution in [0.15, 0.2) is 28.2 Å². The fourth-order valence-corrected chi connectivity index (χ4v) is 3.75. The van der Waals surface area contributed by atoms with Crippen LogP contribution in [-0.4, -0.2) is 13.1 Å². The quantitative estimate of drug-likeness (QED) is 0.647. The highest BCUT2D eigenvalue weighted by Crippen LogP contribution is 2.31. The van der Waals surface area contributed by atoms with Crippen molar-refractivity contribution in [2.45, 2.75) is 52.4 Å². The molecule has 1 saturated carbocycles. The molecule has 0 amide bonds. The monoisotopic (exact) mass is 349 g/mol. The van der Waals surface area contributed by atoms with Crippen molar-refractivity contribution in [3.05, 3.63) is 39.4 Å². The van der Waals surface area contributed by atoms with Crippen molar-refractivity contribution in [2.24, 2.45) is 5.92 Å². The third-order valence-electron chi connectivity index (χ3n) is 4.38. The van der Waals surface area contributed by atoms with Crippen LogP contribution in [0, 0.1) is 12.8 Å². The van der Waals surface area contributed by atoms with Crippen molar-refractivity contribution in [2.75, 3.05) is 13.1 Å². The second-order valence-electron chi connectivity index (χ2n) is 6.26.